The number of unbranched alkanes of at least 4 members (excludes halogenated alkanes) is 6. The Morgan fingerprint density at radius 3 is 1.75 bits per heavy atom. The van der Waals surface area contributed by atoms with E-state index in [0.717, 1.165) is 24.0 Å². The van der Waals surface area contributed by atoms with Crippen LogP contribution < -0.4 is 9.47 Å². The molecule has 3 aromatic rings. The molecule has 1 unspecified atom stereocenters. The van der Waals surface area contributed by atoms with Gasteiger partial charge in [-0.25, -0.2) is 9.59 Å². The number of carbonyl (C=O) groups is 2. The normalized spacial score (nSPS) is 12.2. The lowest BCUT2D eigenvalue weighted by molar-refractivity contribution is -0.142. The molecule has 0 aliphatic heterocycles. The van der Waals surface area contributed by atoms with E-state index in [0.29, 0.717) is 23.5 Å². The number of esters is 2. The molecule has 3 aromatic carbocycles. The number of ether oxygens (including phenoxy) is 2. The molecule has 0 aliphatic carbocycles. The van der Waals surface area contributed by atoms with Crippen LogP contribution in [-0.4, -0.2) is 11.9 Å². The number of rotatable bonds is 15. The highest BCUT2D eigenvalue weighted by atomic mass is 16.5. The molecule has 1 atom stereocenters. The first-order valence-electron chi connectivity index (χ1n) is 14.5. The second kappa shape index (κ2) is 15.6. The Hall–Kier alpha value is -3.91. The highest BCUT2D eigenvalue weighted by Crippen LogP contribution is 2.28. The second-order valence-electron chi connectivity index (χ2n) is 10.6. The zero-order valence-electron chi connectivity index (χ0n) is 24.1. The number of carbonyl (C=O) groups excluding carboxylic acids is 2. The summed E-state index contributed by atoms with van der Waals surface area (Å²) in [6.07, 6.45) is 11.2. The van der Waals surface area contributed by atoms with Gasteiger partial charge in [0.25, 0.3) is 0 Å². The highest BCUT2D eigenvalue weighted by Gasteiger charge is 2.34. The van der Waals surface area contributed by atoms with E-state index < -0.39 is 11.4 Å². The molecule has 0 saturated carbocycles. The maximum Gasteiger partial charge on any atom is 0.343 e. The Morgan fingerprint density at radius 1 is 0.700 bits per heavy atom. The van der Waals surface area contributed by atoms with Crippen molar-refractivity contribution in [1.29, 1.82) is 5.26 Å². The smallest absolute Gasteiger partial charge is 0.343 e. The maximum absolute atomic E-state index is 12.6. The predicted molar refractivity (Wildman–Crippen MR) is 159 cm³/mol. The van der Waals surface area contributed by atoms with Gasteiger partial charge in [0.1, 0.15) is 11.5 Å². The van der Waals surface area contributed by atoms with Crippen molar-refractivity contribution in [2.75, 3.05) is 0 Å². The minimum atomic E-state index is -1.16. The zero-order chi connectivity index (χ0) is 28.8. The van der Waals surface area contributed by atoms with Crippen molar-refractivity contribution in [2.45, 2.75) is 85.0 Å². The number of nitrogens with zero attached hydrogens (tertiary/aromatic N) is 1. The molecule has 0 radical (unpaired) electrons. The predicted octanol–water partition coefficient (Wildman–Crippen LogP) is 9.10. The Kier molecular flexibility index (Phi) is 12.0. The van der Waals surface area contributed by atoms with Gasteiger partial charge in [-0.3, -0.25) is 0 Å². The minimum absolute atomic E-state index is 0.381. The summed E-state index contributed by atoms with van der Waals surface area (Å²) < 4.78 is 11.0. The molecule has 0 aromatic heterocycles. The Labute approximate surface area is 239 Å². The van der Waals surface area contributed by atoms with Crippen LogP contribution in [0.5, 0.6) is 11.5 Å². The van der Waals surface area contributed by atoms with Crippen LogP contribution >= 0.6 is 0 Å². The molecular formula is C35H41NO4. The molecule has 0 amide bonds. The van der Waals surface area contributed by atoms with Crippen LogP contribution in [0.15, 0.2) is 72.8 Å². The average Bonchev–Trinajstić information content (AvgIpc) is 2.98. The van der Waals surface area contributed by atoms with Gasteiger partial charge in [-0.1, -0.05) is 95.2 Å². The topological polar surface area (TPSA) is 76.4 Å². The third kappa shape index (κ3) is 9.09. The van der Waals surface area contributed by atoms with Crippen LogP contribution in [0.2, 0.25) is 0 Å². The molecule has 0 saturated heterocycles. The Bertz CT molecular complexity index is 1260. The van der Waals surface area contributed by atoms with Crippen molar-refractivity contribution in [2.24, 2.45) is 5.41 Å². The van der Waals surface area contributed by atoms with Gasteiger partial charge in [-0.15, -0.1) is 0 Å². The molecule has 0 heterocycles. The molecule has 5 nitrogen and oxygen atoms in total. The van der Waals surface area contributed by atoms with E-state index >= 15 is 0 Å². The lowest BCUT2D eigenvalue weighted by Gasteiger charge is -2.18. The minimum Gasteiger partial charge on any atom is -0.425 e. The Morgan fingerprint density at radius 2 is 1.23 bits per heavy atom. The third-order valence-electron chi connectivity index (χ3n) is 7.17. The van der Waals surface area contributed by atoms with E-state index in [1.54, 1.807) is 31.2 Å². The zero-order valence-corrected chi connectivity index (χ0v) is 24.1. The summed E-state index contributed by atoms with van der Waals surface area (Å²) in [7, 11) is 0. The van der Waals surface area contributed by atoms with Crippen LogP contribution in [0.25, 0.3) is 11.1 Å². The first-order chi connectivity index (χ1) is 19.4. The van der Waals surface area contributed by atoms with Crippen molar-refractivity contribution in [3.05, 3.63) is 83.9 Å². The van der Waals surface area contributed by atoms with Crippen molar-refractivity contribution >= 4 is 11.9 Å². The van der Waals surface area contributed by atoms with E-state index in [-0.39, 0.29) is 5.97 Å². The SMILES string of the molecule is CCCCCCCCCc1ccc(C(=O)Oc2ccc(-c3ccc(OC(=O)C(C)(C#N)CCC)cc3)cc2)cc1. The standard InChI is InChI=1S/C35H41NO4/c1-4-6-7-8-9-10-11-12-27-13-15-30(16-14-27)33(37)39-31-21-17-28(18-22-31)29-19-23-32(24-20-29)40-34(38)35(3,26-36)25-5-2/h13-24H,4-12,25H2,1-3H3. The molecule has 0 bridgehead atoms. The van der Waals surface area contributed by atoms with E-state index in [9.17, 15) is 14.9 Å². The highest BCUT2D eigenvalue weighted by molar-refractivity contribution is 5.91. The van der Waals surface area contributed by atoms with Gasteiger partial charge < -0.3 is 9.47 Å². The Balaban J connectivity index is 1.49. The number of nitriles is 1. The fraction of sp³-hybridized carbons (Fsp3) is 0.400. The van der Waals surface area contributed by atoms with E-state index in [4.69, 9.17) is 9.47 Å². The van der Waals surface area contributed by atoms with Crippen molar-refractivity contribution in [3.63, 3.8) is 0 Å². The van der Waals surface area contributed by atoms with Gasteiger partial charge in [0.2, 0.25) is 0 Å². The molecule has 5 heteroatoms. The summed E-state index contributed by atoms with van der Waals surface area (Å²) in [5.41, 5.74) is 2.47. The van der Waals surface area contributed by atoms with Crippen LogP contribution in [0.4, 0.5) is 0 Å². The summed E-state index contributed by atoms with van der Waals surface area (Å²) in [5.74, 6) is -0.0594. The fourth-order valence-corrected chi connectivity index (χ4v) is 4.61. The van der Waals surface area contributed by atoms with E-state index in [1.807, 2.05) is 55.5 Å². The first-order valence-corrected chi connectivity index (χ1v) is 14.5. The molecule has 0 fully saturated rings. The quantitative estimate of drug-likeness (QED) is 0.109. The number of hydrogen-bond acceptors (Lipinski definition) is 5. The molecular weight excluding hydrogens is 498 g/mol. The lowest BCUT2D eigenvalue weighted by atomic mass is 9.87. The third-order valence-corrected chi connectivity index (χ3v) is 7.17. The molecule has 0 spiro atoms. The van der Waals surface area contributed by atoms with Gasteiger partial charge in [-0.2, -0.15) is 5.26 Å². The first kappa shape index (κ1) is 30.6. The number of benzene rings is 3. The second-order valence-corrected chi connectivity index (χ2v) is 10.6. The van der Waals surface area contributed by atoms with Crippen LogP contribution in [0, 0.1) is 16.7 Å². The molecule has 0 aliphatic rings. The average molecular weight is 540 g/mol. The molecule has 3 rings (SSSR count). The summed E-state index contributed by atoms with van der Waals surface area (Å²) >= 11 is 0. The van der Waals surface area contributed by atoms with E-state index in [2.05, 4.69) is 13.0 Å². The summed E-state index contributed by atoms with van der Waals surface area (Å²) in [4.78, 5) is 25.1. The largest absolute Gasteiger partial charge is 0.425 e. The molecule has 40 heavy (non-hydrogen) atoms. The van der Waals surface area contributed by atoms with Crippen LogP contribution in [0.3, 0.4) is 0 Å². The summed E-state index contributed by atoms with van der Waals surface area (Å²) in [6, 6.07) is 24.2. The van der Waals surface area contributed by atoms with Gasteiger partial charge in [0, 0.05) is 0 Å². The lowest BCUT2D eigenvalue weighted by Crippen LogP contribution is -2.30. The fourth-order valence-electron chi connectivity index (χ4n) is 4.61. The summed E-state index contributed by atoms with van der Waals surface area (Å²) in [5, 5.41) is 9.39. The van der Waals surface area contributed by atoms with E-state index in [1.165, 1.54) is 50.5 Å². The molecule has 0 N–H and O–H groups in total. The van der Waals surface area contributed by atoms with Crippen LogP contribution in [0.1, 0.15) is 94.5 Å². The van der Waals surface area contributed by atoms with Crippen molar-refractivity contribution in [1.82, 2.24) is 0 Å². The van der Waals surface area contributed by atoms with Crippen molar-refractivity contribution in [3.8, 4) is 28.7 Å². The van der Waals surface area contributed by atoms with Gasteiger partial charge >= 0.3 is 11.9 Å². The number of hydrogen-bond donors (Lipinski definition) is 0. The van der Waals surface area contributed by atoms with Crippen LogP contribution in [-0.2, 0) is 11.2 Å². The summed E-state index contributed by atoms with van der Waals surface area (Å²) in [6.45, 7) is 5.77. The van der Waals surface area contributed by atoms with Gasteiger partial charge in [-0.05, 0) is 79.3 Å². The van der Waals surface area contributed by atoms with Crippen molar-refractivity contribution < 1.29 is 19.1 Å². The number of aryl methyl sites for hydroxylation is 1. The molecule has 210 valence electrons. The maximum atomic E-state index is 12.6. The monoisotopic (exact) mass is 539 g/mol. The van der Waals surface area contributed by atoms with Gasteiger partial charge in [0.15, 0.2) is 5.41 Å². The van der Waals surface area contributed by atoms with Gasteiger partial charge in [0.05, 0.1) is 11.6 Å².